The van der Waals surface area contributed by atoms with E-state index in [1.165, 1.54) is 18.7 Å². The zero-order valence-electron chi connectivity index (χ0n) is 22.8. The second-order valence-corrected chi connectivity index (χ2v) is 10.1. The van der Waals surface area contributed by atoms with Crippen molar-refractivity contribution in [2.24, 2.45) is 5.92 Å². The third kappa shape index (κ3) is 5.62. The van der Waals surface area contributed by atoms with Gasteiger partial charge in [0, 0.05) is 19.0 Å². The van der Waals surface area contributed by atoms with Crippen molar-refractivity contribution in [1.29, 1.82) is 0 Å². The smallest absolute Gasteiger partial charge is 0.339 e. The van der Waals surface area contributed by atoms with Crippen LogP contribution in [0.4, 0.5) is 10.6 Å². The van der Waals surface area contributed by atoms with E-state index in [9.17, 15) is 14.7 Å². The summed E-state index contributed by atoms with van der Waals surface area (Å²) in [7, 11) is 0. The maximum absolute atomic E-state index is 12.1. The predicted octanol–water partition coefficient (Wildman–Crippen LogP) is 3.43. The molecule has 4 unspecified atom stereocenters. The number of anilines is 1. The number of carbonyl (C=O) groups is 2. The van der Waals surface area contributed by atoms with Gasteiger partial charge in [0.15, 0.2) is 23.3 Å². The molecule has 1 saturated carbocycles. The van der Waals surface area contributed by atoms with E-state index in [2.05, 4.69) is 30.9 Å². The molecule has 13 nitrogen and oxygen atoms in total. The highest BCUT2D eigenvalue weighted by molar-refractivity contribution is 5.95. The molecule has 1 aliphatic heterocycles. The highest BCUT2D eigenvalue weighted by Gasteiger charge is 2.51. The first-order valence-corrected chi connectivity index (χ1v) is 13.8. The number of nitrogens with zero attached hydrogens (tertiary/aromatic N) is 4. The lowest BCUT2D eigenvalue weighted by molar-refractivity contribution is -0.0499. The molecule has 218 valence electrons. The maximum atomic E-state index is 12.1. The Morgan fingerprint density at radius 1 is 1.12 bits per heavy atom. The van der Waals surface area contributed by atoms with Crippen LogP contribution in [0.1, 0.15) is 41.1 Å². The van der Waals surface area contributed by atoms with E-state index < -0.39 is 12.3 Å². The first kappa shape index (κ1) is 27.6. The molecule has 4 N–H and O–H groups in total. The van der Waals surface area contributed by atoms with Gasteiger partial charge in [-0.15, -0.1) is 0 Å². The zero-order chi connectivity index (χ0) is 29.1. The molecule has 2 fully saturated rings. The van der Waals surface area contributed by atoms with E-state index in [-0.39, 0.29) is 42.3 Å². The Labute approximate surface area is 241 Å². The Morgan fingerprint density at radius 2 is 1.95 bits per heavy atom. The Bertz CT molecular complexity index is 1590. The number of hydrogen-bond donors (Lipinski definition) is 4. The number of furan rings is 1. The lowest BCUT2D eigenvalue weighted by Gasteiger charge is -2.19. The highest BCUT2D eigenvalue weighted by Crippen LogP contribution is 2.45. The van der Waals surface area contributed by atoms with Crippen LogP contribution in [0.15, 0.2) is 65.8 Å². The van der Waals surface area contributed by atoms with Gasteiger partial charge in [-0.2, -0.15) is 0 Å². The number of ether oxygens (including phenoxy) is 2. The highest BCUT2D eigenvalue weighted by atomic mass is 16.7. The predicted molar refractivity (Wildman–Crippen MR) is 152 cm³/mol. The molecule has 13 heteroatoms. The third-order valence-electron chi connectivity index (χ3n) is 7.49. The second-order valence-electron chi connectivity index (χ2n) is 10.1. The number of amides is 2. The zero-order valence-corrected chi connectivity index (χ0v) is 22.8. The lowest BCUT2D eigenvalue weighted by Crippen LogP contribution is -2.32. The van der Waals surface area contributed by atoms with E-state index >= 15 is 0 Å². The largest absolute Gasteiger partial charge is 0.478 e. The monoisotopic (exact) mass is 573 g/mol. The minimum Gasteiger partial charge on any atom is -0.478 e. The van der Waals surface area contributed by atoms with E-state index in [4.69, 9.17) is 13.9 Å². The number of benzene rings is 1. The fourth-order valence-electron chi connectivity index (χ4n) is 5.62. The van der Waals surface area contributed by atoms with Crippen LogP contribution in [0.5, 0.6) is 0 Å². The molecule has 0 radical (unpaired) electrons. The first-order chi connectivity index (χ1) is 20.5. The number of fused-ring (bicyclic) bond motifs is 2. The summed E-state index contributed by atoms with van der Waals surface area (Å²) in [6.07, 6.45) is 7.94. The molecule has 5 atom stereocenters. The molecule has 1 saturated heterocycles. The Morgan fingerprint density at radius 3 is 2.76 bits per heavy atom. The van der Waals surface area contributed by atoms with Gasteiger partial charge < -0.3 is 34.2 Å². The summed E-state index contributed by atoms with van der Waals surface area (Å²) in [5, 5.41) is 18.2. The molecule has 3 aromatic heterocycles. The summed E-state index contributed by atoms with van der Waals surface area (Å²) < 4.78 is 20.2. The topological polar surface area (TPSA) is 166 Å². The number of hydrogen-bond acceptors (Lipinski definition) is 9. The molecule has 42 heavy (non-hydrogen) atoms. The molecule has 2 aliphatic rings. The van der Waals surface area contributed by atoms with E-state index in [0.717, 1.165) is 5.56 Å². The SMILES string of the molecule is CCNC(=O)Nc1ncnc2c1ncn2C1CC(CNCc2occc2C(=O)O)C2O[C@H](C=Cc3ccccc3)OC21. The van der Waals surface area contributed by atoms with E-state index in [0.29, 0.717) is 42.3 Å². The number of urea groups is 1. The minimum atomic E-state index is -1.03. The number of imidazole rings is 1. The van der Waals surface area contributed by atoms with Crippen molar-refractivity contribution >= 4 is 35.1 Å². The van der Waals surface area contributed by atoms with Crippen molar-refractivity contribution < 1.29 is 28.6 Å². The van der Waals surface area contributed by atoms with Gasteiger partial charge >= 0.3 is 12.0 Å². The van der Waals surface area contributed by atoms with Crippen molar-refractivity contribution in [3.05, 3.63) is 78.3 Å². The van der Waals surface area contributed by atoms with Crippen LogP contribution in [0.25, 0.3) is 17.2 Å². The van der Waals surface area contributed by atoms with Crippen LogP contribution in [-0.2, 0) is 16.0 Å². The Balaban J connectivity index is 1.23. The minimum absolute atomic E-state index is 0.0329. The molecule has 1 aromatic carbocycles. The quantitative estimate of drug-likeness (QED) is 0.221. The molecule has 2 amide bonds. The van der Waals surface area contributed by atoms with Crippen molar-refractivity contribution in [2.45, 2.75) is 44.4 Å². The first-order valence-electron chi connectivity index (χ1n) is 13.8. The maximum Gasteiger partial charge on any atom is 0.339 e. The van der Waals surface area contributed by atoms with Gasteiger partial charge in [-0.3, -0.25) is 5.32 Å². The lowest BCUT2D eigenvalue weighted by atomic mass is 10.1. The molecular weight excluding hydrogens is 542 g/mol. The van der Waals surface area contributed by atoms with Crippen LogP contribution in [-0.4, -0.2) is 68.2 Å². The second kappa shape index (κ2) is 12.1. The Kier molecular flexibility index (Phi) is 7.95. The van der Waals surface area contributed by atoms with Gasteiger partial charge in [0.25, 0.3) is 0 Å². The summed E-state index contributed by atoms with van der Waals surface area (Å²) in [6, 6.07) is 10.8. The third-order valence-corrected chi connectivity index (χ3v) is 7.49. The summed E-state index contributed by atoms with van der Waals surface area (Å²) in [5.41, 5.74) is 2.22. The fourth-order valence-corrected chi connectivity index (χ4v) is 5.62. The molecular formula is C29H31N7O6. The normalized spacial score (nSPS) is 23.4. The van der Waals surface area contributed by atoms with Crippen LogP contribution in [0.3, 0.4) is 0 Å². The van der Waals surface area contributed by atoms with Crippen molar-refractivity contribution in [2.75, 3.05) is 18.4 Å². The number of nitrogens with one attached hydrogen (secondary N) is 3. The number of aromatic carboxylic acids is 1. The summed E-state index contributed by atoms with van der Waals surface area (Å²) in [5.74, 6) is -0.314. The van der Waals surface area contributed by atoms with Gasteiger partial charge in [-0.1, -0.05) is 36.4 Å². The molecule has 1 aliphatic carbocycles. The number of carboxylic acids is 1. The fraction of sp³-hybridized carbons (Fsp3) is 0.345. The standard InChI is InChI=1S/C29H31N7O6/c1-2-31-29(39)35-26-23-27(33-15-32-26)36(16-34-23)20-12-18(13-30-14-21-19(28(37)38)10-11-40-21)24-25(20)42-22(41-24)9-8-17-6-4-3-5-7-17/h3-11,15-16,18,20,22,24-25,30H,2,12-14H2,1H3,(H,37,38)(H2,31,32,33,35,39)/t18?,20?,22-,24?,25?/m0/s1. The van der Waals surface area contributed by atoms with Crippen molar-refractivity contribution in [3.63, 3.8) is 0 Å². The van der Waals surface area contributed by atoms with E-state index in [1.54, 1.807) is 6.33 Å². The van der Waals surface area contributed by atoms with Gasteiger partial charge in [0.1, 0.15) is 23.8 Å². The molecule has 0 bridgehead atoms. The number of carboxylic acid groups (broad SMARTS) is 1. The van der Waals surface area contributed by atoms with E-state index in [1.807, 2.05) is 54.0 Å². The number of aromatic nitrogens is 4. The van der Waals surface area contributed by atoms with Crippen molar-refractivity contribution in [3.8, 4) is 0 Å². The van der Waals surface area contributed by atoms with Gasteiger partial charge in [-0.05, 0) is 31.1 Å². The summed E-state index contributed by atoms with van der Waals surface area (Å²) in [6.45, 7) is 3.12. The van der Waals surface area contributed by atoms with Gasteiger partial charge in [0.05, 0.1) is 31.3 Å². The molecule has 0 spiro atoms. The van der Waals surface area contributed by atoms with Crippen molar-refractivity contribution in [1.82, 2.24) is 30.2 Å². The molecule has 6 rings (SSSR count). The Hall–Kier alpha value is -4.59. The molecule has 4 heterocycles. The summed E-state index contributed by atoms with van der Waals surface area (Å²) in [4.78, 5) is 36.9. The van der Waals surface area contributed by atoms with Crippen LogP contribution in [0.2, 0.25) is 0 Å². The summed E-state index contributed by atoms with van der Waals surface area (Å²) >= 11 is 0. The average molecular weight is 574 g/mol. The van der Waals surface area contributed by atoms with Crippen LogP contribution in [0, 0.1) is 5.92 Å². The number of carbonyl (C=O) groups excluding carboxylic acids is 1. The average Bonchev–Trinajstić information content (AvgIpc) is 3.77. The van der Waals surface area contributed by atoms with Crippen LogP contribution < -0.4 is 16.0 Å². The molecule has 4 aromatic rings. The van der Waals surface area contributed by atoms with Gasteiger partial charge in [0.2, 0.25) is 0 Å². The van der Waals surface area contributed by atoms with Gasteiger partial charge in [-0.25, -0.2) is 24.5 Å². The van der Waals surface area contributed by atoms with Crippen LogP contribution >= 0.6 is 0 Å². The number of rotatable bonds is 10.